The highest BCUT2D eigenvalue weighted by atomic mass is 16.5. The Hall–Kier alpha value is -0.610. The van der Waals surface area contributed by atoms with E-state index < -0.39 is 0 Å². The van der Waals surface area contributed by atoms with Crippen molar-refractivity contribution in [3.63, 3.8) is 0 Å². The Morgan fingerprint density at radius 2 is 2.00 bits per heavy atom. The number of nitrogens with two attached hydrogens (primary N) is 1. The van der Waals surface area contributed by atoms with Gasteiger partial charge in [0.05, 0.1) is 0 Å². The molecule has 0 bridgehead atoms. The smallest absolute Gasteiger partial charge is 0.220 e. The predicted molar refractivity (Wildman–Crippen MR) is 68.7 cm³/mol. The Balaban J connectivity index is 2.20. The van der Waals surface area contributed by atoms with E-state index in [1.807, 2.05) is 0 Å². The van der Waals surface area contributed by atoms with Gasteiger partial charge in [0.15, 0.2) is 0 Å². The molecule has 0 aromatic rings. The van der Waals surface area contributed by atoms with Crippen LogP contribution in [0.25, 0.3) is 0 Å². The minimum absolute atomic E-state index is 0.168. The fourth-order valence-electron chi connectivity index (χ4n) is 2.11. The van der Waals surface area contributed by atoms with Crippen molar-refractivity contribution in [2.45, 2.75) is 52.0 Å². The lowest BCUT2D eigenvalue weighted by atomic mass is 9.84. The predicted octanol–water partition coefficient (Wildman–Crippen LogP) is 1.44. The summed E-state index contributed by atoms with van der Waals surface area (Å²) in [7, 11) is 0. The van der Waals surface area contributed by atoms with E-state index in [0.29, 0.717) is 19.0 Å². The van der Waals surface area contributed by atoms with E-state index in [1.165, 1.54) is 0 Å². The van der Waals surface area contributed by atoms with Crippen molar-refractivity contribution >= 4 is 5.91 Å². The van der Waals surface area contributed by atoms with Crippen molar-refractivity contribution in [2.24, 2.45) is 11.1 Å². The molecule has 1 fully saturated rings. The van der Waals surface area contributed by atoms with Gasteiger partial charge >= 0.3 is 0 Å². The van der Waals surface area contributed by atoms with Crippen LogP contribution in [0.15, 0.2) is 0 Å². The Bertz CT molecular complexity index is 236. The van der Waals surface area contributed by atoms with Crippen LogP contribution in [0.5, 0.6) is 0 Å². The van der Waals surface area contributed by atoms with Crippen LogP contribution in [0.2, 0.25) is 0 Å². The molecular weight excluding hydrogens is 216 g/mol. The van der Waals surface area contributed by atoms with Crippen LogP contribution in [0, 0.1) is 5.41 Å². The number of nitrogens with one attached hydrogen (secondary N) is 1. The van der Waals surface area contributed by atoms with Gasteiger partial charge in [-0.2, -0.15) is 0 Å². The summed E-state index contributed by atoms with van der Waals surface area (Å²) in [5, 5.41) is 3.08. The Labute approximate surface area is 104 Å². The SMILES string of the molecule is CC(C)(CCN)CCC(=O)NC1CCOCC1. The van der Waals surface area contributed by atoms with Crippen LogP contribution in [-0.2, 0) is 9.53 Å². The van der Waals surface area contributed by atoms with Gasteiger partial charge in [0.2, 0.25) is 5.91 Å². The van der Waals surface area contributed by atoms with Crippen molar-refractivity contribution in [1.29, 1.82) is 0 Å². The monoisotopic (exact) mass is 242 g/mol. The molecule has 17 heavy (non-hydrogen) atoms. The van der Waals surface area contributed by atoms with Gasteiger partial charge in [-0.25, -0.2) is 0 Å². The number of carbonyl (C=O) groups is 1. The lowest BCUT2D eigenvalue weighted by Gasteiger charge is -2.26. The highest BCUT2D eigenvalue weighted by Crippen LogP contribution is 2.25. The summed E-state index contributed by atoms with van der Waals surface area (Å²) in [5.74, 6) is 0.169. The lowest BCUT2D eigenvalue weighted by molar-refractivity contribution is -0.122. The van der Waals surface area contributed by atoms with Gasteiger partial charge in [0.25, 0.3) is 0 Å². The fraction of sp³-hybridized carbons (Fsp3) is 0.923. The summed E-state index contributed by atoms with van der Waals surface area (Å²) >= 11 is 0. The molecule has 3 N–H and O–H groups in total. The number of ether oxygens (including phenoxy) is 1. The Morgan fingerprint density at radius 1 is 1.35 bits per heavy atom. The standard InChI is InChI=1S/C13H26N2O2/c1-13(2,7-8-14)6-3-12(16)15-11-4-9-17-10-5-11/h11H,3-10,14H2,1-2H3,(H,15,16). The quantitative estimate of drug-likeness (QED) is 0.740. The average molecular weight is 242 g/mol. The maximum Gasteiger partial charge on any atom is 0.220 e. The number of hydrogen-bond acceptors (Lipinski definition) is 3. The van der Waals surface area contributed by atoms with Gasteiger partial charge in [-0.05, 0) is 37.6 Å². The van der Waals surface area contributed by atoms with Crippen molar-refractivity contribution in [3.05, 3.63) is 0 Å². The average Bonchev–Trinajstić information content (AvgIpc) is 2.28. The third-order valence-corrected chi connectivity index (χ3v) is 3.44. The molecular formula is C13H26N2O2. The molecule has 4 heteroatoms. The van der Waals surface area contributed by atoms with Crippen LogP contribution in [0.1, 0.15) is 46.0 Å². The molecule has 0 saturated carbocycles. The van der Waals surface area contributed by atoms with Gasteiger partial charge in [-0.15, -0.1) is 0 Å². The number of rotatable bonds is 6. The summed E-state index contributed by atoms with van der Waals surface area (Å²) in [6, 6.07) is 0.314. The first-order chi connectivity index (χ1) is 8.03. The lowest BCUT2D eigenvalue weighted by Crippen LogP contribution is -2.39. The molecule has 0 aromatic carbocycles. The van der Waals surface area contributed by atoms with E-state index in [1.54, 1.807) is 0 Å². The van der Waals surface area contributed by atoms with E-state index >= 15 is 0 Å². The second kappa shape index (κ2) is 6.97. The van der Waals surface area contributed by atoms with Crippen LogP contribution >= 0.6 is 0 Å². The molecule has 0 unspecified atom stereocenters. The number of carbonyl (C=O) groups excluding carboxylic acids is 1. The molecule has 1 aliphatic heterocycles. The van der Waals surface area contributed by atoms with Crippen LogP contribution in [0.4, 0.5) is 0 Å². The molecule has 4 nitrogen and oxygen atoms in total. The van der Waals surface area contributed by atoms with Crippen molar-refractivity contribution in [3.8, 4) is 0 Å². The first kappa shape index (κ1) is 14.5. The minimum Gasteiger partial charge on any atom is -0.381 e. The molecule has 1 rings (SSSR count). The van der Waals surface area contributed by atoms with E-state index in [4.69, 9.17) is 10.5 Å². The van der Waals surface area contributed by atoms with Gasteiger partial charge in [0, 0.05) is 25.7 Å². The van der Waals surface area contributed by atoms with Crippen LogP contribution in [0.3, 0.4) is 0 Å². The molecule has 0 aliphatic carbocycles. The maximum absolute atomic E-state index is 11.8. The number of amides is 1. The maximum atomic E-state index is 11.8. The van der Waals surface area contributed by atoms with Gasteiger partial charge in [-0.3, -0.25) is 4.79 Å². The summed E-state index contributed by atoms with van der Waals surface area (Å²) in [4.78, 5) is 11.8. The third-order valence-electron chi connectivity index (χ3n) is 3.44. The zero-order valence-corrected chi connectivity index (χ0v) is 11.1. The largest absolute Gasteiger partial charge is 0.381 e. The van der Waals surface area contributed by atoms with Gasteiger partial charge in [-0.1, -0.05) is 13.8 Å². The minimum atomic E-state index is 0.168. The third kappa shape index (κ3) is 6.03. The summed E-state index contributed by atoms with van der Waals surface area (Å²) < 4.78 is 5.26. The highest BCUT2D eigenvalue weighted by molar-refractivity contribution is 5.76. The van der Waals surface area contributed by atoms with E-state index in [9.17, 15) is 4.79 Å². The summed E-state index contributed by atoms with van der Waals surface area (Å²) in [6.45, 7) is 6.56. The van der Waals surface area contributed by atoms with Gasteiger partial charge < -0.3 is 15.8 Å². The Morgan fingerprint density at radius 3 is 2.59 bits per heavy atom. The second-order valence-corrected chi connectivity index (χ2v) is 5.66. The summed E-state index contributed by atoms with van der Waals surface area (Å²) in [6.07, 6.45) is 4.36. The van der Waals surface area contributed by atoms with Crippen molar-refractivity contribution in [2.75, 3.05) is 19.8 Å². The zero-order valence-electron chi connectivity index (χ0n) is 11.1. The molecule has 0 atom stereocenters. The van der Waals surface area contributed by atoms with Crippen LogP contribution in [-0.4, -0.2) is 31.7 Å². The molecule has 1 heterocycles. The fourth-order valence-corrected chi connectivity index (χ4v) is 2.11. The first-order valence-electron chi connectivity index (χ1n) is 6.61. The first-order valence-corrected chi connectivity index (χ1v) is 6.61. The van der Waals surface area contributed by atoms with E-state index in [-0.39, 0.29) is 11.3 Å². The molecule has 0 radical (unpaired) electrons. The molecule has 1 aliphatic rings. The van der Waals surface area contributed by atoms with Crippen molar-refractivity contribution in [1.82, 2.24) is 5.32 Å². The molecule has 0 spiro atoms. The Kier molecular flexibility index (Phi) is 5.92. The van der Waals surface area contributed by atoms with E-state index in [2.05, 4.69) is 19.2 Å². The topological polar surface area (TPSA) is 64.4 Å². The molecule has 100 valence electrons. The zero-order chi connectivity index (χ0) is 12.7. The summed E-state index contributed by atoms with van der Waals surface area (Å²) in [5.41, 5.74) is 5.72. The second-order valence-electron chi connectivity index (χ2n) is 5.66. The van der Waals surface area contributed by atoms with Crippen molar-refractivity contribution < 1.29 is 9.53 Å². The van der Waals surface area contributed by atoms with E-state index in [0.717, 1.165) is 38.9 Å². The molecule has 1 amide bonds. The van der Waals surface area contributed by atoms with Gasteiger partial charge in [0.1, 0.15) is 0 Å². The molecule has 1 saturated heterocycles. The van der Waals surface area contributed by atoms with Crippen LogP contribution < -0.4 is 11.1 Å². The normalized spacial score (nSPS) is 18.1. The highest BCUT2D eigenvalue weighted by Gasteiger charge is 2.20. The molecule has 0 aromatic heterocycles. The number of hydrogen-bond donors (Lipinski definition) is 2.